The Hall–Kier alpha value is -1.04. The molecule has 6 heteroatoms. The summed E-state index contributed by atoms with van der Waals surface area (Å²) in [6, 6.07) is 1.85. The Morgan fingerprint density at radius 3 is 2.95 bits per heavy atom. The second-order valence-corrected chi connectivity index (χ2v) is 5.56. The third-order valence-corrected chi connectivity index (χ3v) is 4.51. The number of ether oxygens (including phenoxy) is 1. The van der Waals surface area contributed by atoms with Gasteiger partial charge in [-0.3, -0.25) is 4.68 Å². The number of halogens is 1. The number of aliphatic hydroxyl groups is 1. The van der Waals surface area contributed by atoms with Crippen LogP contribution >= 0.6 is 22.9 Å². The number of methoxy groups -OCH3 is 1. The minimum Gasteiger partial charge on any atom is -0.495 e. The minimum atomic E-state index is -0.631. The molecule has 0 aliphatic heterocycles. The first-order chi connectivity index (χ1) is 9.08. The average molecular weight is 301 g/mol. The normalized spacial score (nSPS) is 12.7. The molecule has 104 valence electrons. The smallest absolute Gasteiger partial charge is 0.135 e. The molecule has 0 radical (unpaired) electrons. The summed E-state index contributed by atoms with van der Waals surface area (Å²) in [4.78, 5) is 0.820. The quantitative estimate of drug-likeness (QED) is 0.922. The van der Waals surface area contributed by atoms with Crippen LogP contribution in [0.3, 0.4) is 0 Å². The largest absolute Gasteiger partial charge is 0.495 e. The predicted octanol–water partition coefficient (Wildman–Crippen LogP) is 3.21. The van der Waals surface area contributed by atoms with Gasteiger partial charge in [0.05, 0.1) is 34.5 Å². The van der Waals surface area contributed by atoms with Gasteiger partial charge in [-0.1, -0.05) is 11.6 Å². The maximum atomic E-state index is 10.4. The van der Waals surface area contributed by atoms with Crippen molar-refractivity contribution < 1.29 is 9.84 Å². The lowest BCUT2D eigenvalue weighted by atomic mass is 10.1. The fourth-order valence-corrected chi connectivity index (χ4v) is 3.12. The van der Waals surface area contributed by atoms with E-state index >= 15 is 0 Å². The number of hydrogen-bond acceptors (Lipinski definition) is 4. The first-order valence-electron chi connectivity index (χ1n) is 6.09. The van der Waals surface area contributed by atoms with E-state index in [9.17, 15) is 5.11 Å². The third-order valence-electron chi connectivity index (χ3n) is 3.02. The van der Waals surface area contributed by atoms with Crippen molar-refractivity contribution in [2.24, 2.45) is 0 Å². The van der Waals surface area contributed by atoms with Crippen LogP contribution in [0.2, 0.25) is 5.02 Å². The number of aromatic nitrogens is 2. The van der Waals surface area contributed by atoms with Gasteiger partial charge in [0, 0.05) is 13.0 Å². The molecule has 0 amide bonds. The highest BCUT2D eigenvalue weighted by Gasteiger charge is 2.20. The van der Waals surface area contributed by atoms with E-state index in [0.29, 0.717) is 17.2 Å². The summed E-state index contributed by atoms with van der Waals surface area (Å²) in [6.07, 6.45) is -0.196. The SMILES string of the molecule is CCn1nc(C)c(Cl)c1CC(O)c1sccc1OC. The van der Waals surface area contributed by atoms with Gasteiger partial charge in [-0.15, -0.1) is 11.3 Å². The second-order valence-electron chi connectivity index (χ2n) is 4.23. The van der Waals surface area contributed by atoms with E-state index in [2.05, 4.69) is 5.10 Å². The van der Waals surface area contributed by atoms with Gasteiger partial charge in [0.25, 0.3) is 0 Å². The number of thiophene rings is 1. The van der Waals surface area contributed by atoms with Gasteiger partial charge >= 0.3 is 0 Å². The zero-order chi connectivity index (χ0) is 14.0. The van der Waals surface area contributed by atoms with Gasteiger partial charge in [-0.05, 0) is 25.3 Å². The van der Waals surface area contributed by atoms with Crippen molar-refractivity contribution in [2.45, 2.75) is 32.9 Å². The van der Waals surface area contributed by atoms with Crippen LogP contribution in [0.1, 0.15) is 29.3 Å². The number of hydrogen-bond donors (Lipinski definition) is 1. The fraction of sp³-hybridized carbons (Fsp3) is 0.462. The van der Waals surface area contributed by atoms with E-state index in [-0.39, 0.29) is 0 Å². The van der Waals surface area contributed by atoms with Crippen molar-refractivity contribution in [3.63, 3.8) is 0 Å². The topological polar surface area (TPSA) is 47.3 Å². The molecule has 2 aromatic heterocycles. The number of aryl methyl sites for hydroxylation is 2. The van der Waals surface area contributed by atoms with E-state index in [1.165, 1.54) is 11.3 Å². The summed E-state index contributed by atoms with van der Waals surface area (Å²) in [5.74, 6) is 0.716. The van der Waals surface area contributed by atoms with E-state index in [1.807, 2.05) is 30.0 Å². The zero-order valence-corrected chi connectivity index (χ0v) is 12.8. The maximum absolute atomic E-state index is 10.4. The lowest BCUT2D eigenvalue weighted by Crippen LogP contribution is -2.08. The molecule has 0 saturated heterocycles. The number of rotatable bonds is 5. The lowest BCUT2D eigenvalue weighted by molar-refractivity contribution is 0.175. The van der Waals surface area contributed by atoms with Crippen molar-refractivity contribution >= 4 is 22.9 Å². The molecular weight excluding hydrogens is 284 g/mol. The number of aliphatic hydroxyl groups excluding tert-OH is 1. The van der Waals surface area contributed by atoms with Crippen molar-refractivity contribution in [2.75, 3.05) is 7.11 Å². The Labute approximate surface area is 121 Å². The summed E-state index contributed by atoms with van der Waals surface area (Å²) in [6.45, 7) is 4.61. The van der Waals surface area contributed by atoms with Gasteiger partial charge in [-0.2, -0.15) is 5.10 Å². The van der Waals surface area contributed by atoms with Gasteiger partial charge < -0.3 is 9.84 Å². The van der Waals surface area contributed by atoms with Gasteiger partial charge in [-0.25, -0.2) is 0 Å². The zero-order valence-electron chi connectivity index (χ0n) is 11.2. The Kier molecular flexibility index (Phi) is 4.50. The highest BCUT2D eigenvalue weighted by atomic mass is 35.5. The average Bonchev–Trinajstić information content (AvgIpc) is 2.98. The van der Waals surface area contributed by atoms with E-state index in [4.69, 9.17) is 16.3 Å². The van der Waals surface area contributed by atoms with Crippen molar-refractivity contribution in [1.29, 1.82) is 0 Å². The molecule has 19 heavy (non-hydrogen) atoms. The number of nitrogens with zero attached hydrogens (tertiary/aromatic N) is 2. The predicted molar refractivity (Wildman–Crippen MR) is 77.2 cm³/mol. The molecule has 2 heterocycles. The van der Waals surface area contributed by atoms with Crippen LogP contribution in [-0.4, -0.2) is 22.0 Å². The monoisotopic (exact) mass is 300 g/mol. The molecule has 2 aromatic rings. The molecule has 0 aliphatic rings. The molecule has 2 rings (SSSR count). The van der Waals surface area contributed by atoms with Crippen LogP contribution in [0.25, 0.3) is 0 Å². The van der Waals surface area contributed by atoms with Crippen LogP contribution in [-0.2, 0) is 13.0 Å². The summed E-state index contributed by atoms with van der Waals surface area (Å²) >= 11 is 7.73. The highest BCUT2D eigenvalue weighted by molar-refractivity contribution is 7.10. The summed E-state index contributed by atoms with van der Waals surface area (Å²) in [7, 11) is 1.60. The summed E-state index contributed by atoms with van der Waals surface area (Å²) in [5.41, 5.74) is 1.66. The van der Waals surface area contributed by atoms with Crippen LogP contribution in [0, 0.1) is 6.92 Å². The molecule has 1 unspecified atom stereocenters. The Morgan fingerprint density at radius 1 is 1.58 bits per heavy atom. The molecule has 0 saturated carbocycles. The highest BCUT2D eigenvalue weighted by Crippen LogP contribution is 2.34. The molecule has 0 aromatic carbocycles. The first-order valence-corrected chi connectivity index (χ1v) is 7.35. The van der Waals surface area contributed by atoms with Crippen LogP contribution in [0.4, 0.5) is 0 Å². The van der Waals surface area contributed by atoms with Gasteiger partial charge in [0.2, 0.25) is 0 Å². The third kappa shape index (κ3) is 2.78. The molecule has 0 bridgehead atoms. The summed E-state index contributed by atoms with van der Waals surface area (Å²) < 4.78 is 7.07. The van der Waals surface area contributed by atoms with E-state index < -0.39 is 6.10 Å². The minimum absolute atomic E-state index is 0.435. The maximum Gasteiger partial charge on any atom is 0.135 e. The Morgan fingerprint density at radius 2 is 2.32 bits per heavy atom. The molecule has 0 spiro atoms. The molecule has 0 fully saturated rings. The second kappa shape index (κ2) is 5.94. The Balaban J connectivity index is 2.26. The van der Waals surface area contributed by atoms with E-state index in [0.717, 1.165) is 22.8 Å². The molecule has 1 atom stereocenters. The molecule has 4 nitrogen and oxygen atoms in total. The first kappa shape index (κ1) is 14.4. The van der Waals surface area contributed by atoms with E-state index in [1.54, 1.807) is 7.11 Å². The standard InChI is InChI=1S/C13H17ClN2O2S/c1-4-16-9(12(14)8(2)15-16)7-10(17)13-11(18-3)5-6-19-13/h5-6,10,17H,4,7H2,1-3H3. The van der Waals surface area contributed by atoms with Crippen molar-refractivity contribution in [3.8, 4) is 5.75 Å². The van der Waals surface area contributed by atoms with Gasteiger partial charge in [0.1, 0.15) is 5.75 Å². The fourth-order valence-electron chi connectivity index (χ4n) is 2.06. The molecular formula is C13H17ClN2O2S. The van der Waals surface area contributed by atoms with Crippen molar-refractivity contribution in [1.82, 2.24) is 9.78 Å². The lowest BCUT2D eigenvalue weighted by Gasteiger charge is -2.12. The summed E-state index contributed by atoms with van der Waals surface area (Å²) in [5, 5.41) is 17.3. The van der Waals surface area contributed by atoms with Crippen molar-refractivity contribution in [3.05, 3.63) is 32.7 Å². The molecule has 1 N–H and O–H groups in total. The molecule has 0 aliphatic carbocycles. The van der Waals surface area contributed by atoms with Crippen LogP contribution < -0.4 is 4.74 Å². The van der Waals surface area contributed by atoms with Crippen LogP contribution in [0.5, 0.6) is 5.75 Å². The van der Waals surface area contributed by atoms with Gasteiger partial charge in [0.15, 0.2) is 0 Å². The van der Waals surface area contributed by atoms with Crippen LogP contribution in [0.15, 0.2) is 11.4 Å². The Bertz CT molecular complexity index is 565.